The number of aliphatic hydroxyl groups is 4. The molecule has 2 aromatic heterocycles. The van der Waals surface area contributed by atoms with Gasteiger partial charge in [-0.05, 0) is 13.0 Å². The van der Waals surface area contributed by atoms with Crippen LogP contribution in [0.1, 0.15) is 6.42 Å². The van der Waals surface area contributed by atoms with Crippen molar-refractivity contribution < 1.29 is 30.0 Å². The van der Waals surface area contributed by atoms with E-state index in [1.54, 1.807) is 0 Å². The van der Waals surface area contributed by atoms with Crippen LogP contribution in [0.4, 0.5) is 5.82 Å². The number of aliphatic hydroxyl groups excluding tert-OH is 4. The van der Waals surface area contributed by atoms with E-state index in [1.165, 1.54) is 12.7 Å². The predicted octanol–water partition coefficient (Wildman–Crippen LogP) is -3.59. The second-order valence-electron chi connectivity index (χ2n) is 7.05. The van der Waals surface area contributed by atoms with Gasteiger partial charge in [0.15, 0.2) is 17.7 Å². The Kier molecular flexibility index (Phi) is 5.58. The van der Waals surface area contributed by atoms with Crippen LogP contribution in [0.25, 0.3) is 11.2 Å². The van der Waals surface area contributed by atoms with Crippen LogP contribution >= 0.6 is 0 Å². The number of carbonyl (C=O) groups excluding carboxylic acids is 1. The van der Waals surface area contributed by atoms with Crippen molar-refractivity contribution in [2.45, 2.75) is 49.1 Å². The first-order chi connectivity index (χ1) is 14.0. The molecule has 29 heavy (non-hydrogen) atoms. The molecule has 2 aliphatic rings. The lowest BCUT2D eigenvalue weighted by molar-refractivity contribution is -0.185. The highest BCUT2D eigenvalue weighted by Gasteiger charge is 2.46. The van der Waals surface area contributed by atoms with E-state index in [1.807, 2.05) is 0 Å². The van der Waals surface area contributed by atoms with Gasteiger partial charge in [0.2, 0.25) is 5.91 Å². The minimum Gasteiger partial charge on any atom is -0.394 e. The van der Waals surface area contributed by atoms with E-state index in [-0.39, 0.29) is 0 Å². The minimum absolute atomic E-state index is 0.293. The molecule has 13 heteroatoms. The molecule has 0 aliphatic carbocycles. The topological polar surface area (TPSA) is 198 Å². The number of ether oxygens (including phenoxy) is 1. The molecule has 0 bridgehead atoms. The number of rotatable bonds is 5. The highest BCUT2D eigenvalue weighted by Crippen LogP contribution is 2.24. The molecule has 2 aromatic rings. The lowest BCUT2D eigenvalue weighted by Crippen LogP contribution is -2.67. The number of aromatic amines is 1. The number of nitrogens with one attached hydrogen (secondary N) is 4. The molecule has 2 saturated heterocycles. The molecule has 7 atom stereocenters. The Labute approximate surface area is 164 Å². The number of aromatic nitrogens is 4. The average molecular weight is 409 g/mol. The van der Waals surface area contributed by atoms with Crippen LogP contribution in [-0.4, -0.2) is 102 Å². The molecule has 4 heterocycles. The molecule has 0 radical (unpaired) electrons. The van der Waals surface area contributed by atoms with Gasteiger partial charge in [0.25, 0.3) is 0 Å². The Bertz CT molecular complexity index is 863. The number of fused-ring (bicyclic) bond motifs is 1. The summed E-state index contributed by atoms with van der Waals surface area (Å²) in [6.45, 7) is -0.0289. The smallest absolute Gasteiger partial charge is 0.240 e. The van der Waals surface area contributed by atoms with Gasteiger partial charge in [-0.3, -0.25) is 4.79 Å². The molecule has 0 spiro atoms. The van der Waals surface area contributed by atoms with Crippen molar-refractivity contribution in [1.29, 1.82) is 0 Å². The Morgan fingerprint density at radius 1 is 1.24 bits per heavy atom. The van der Waals surface area contributed by atoms with E-state index >= 15 is 0 Å². The normalized spacial score (nSPS) is 35.0. The van der Waals surface area contributed by atoms with Crippen LogP contribution in [-0.2, 0) is 9.53 Å². The van der Waals surface area contributed by atoms with Crippen LogP contribution in [0.2, 0.25) is 0 Å². The number of nitrogens with zero attached hydrogens (tertiary/aromatic N) is 3. The van der Waals surface area contributed by atoms with Crippen molar-refractivity contribution in [3.8, 4) is 0 Å². The monoisotopic (exact) mass is 409 g/mol. The summed E-state index contributed by atoms with van der Waals surface area (Å²) in [5, 5.41) is 49.0. The molecule has 0 saturated carbocycles. The minimum atomic E-state index is -1.45. The molecular weight excluding hydrogens is 386 g/mol. The second kappa shape index (κ2) is 8.14. The first-order valence-corrected chi connectivity index (χ1v) is 9.24. The van der Waals surface area contributed by atoms with Crippen LogP contribution < -0.4 is 16.0 Å². The van der Waals surface area contributed by atoms with Crippen LogP contribution in [0.15, 0.2) is 12.7 Å². The fourth-order valence-corrected chi connectivity index (χ4v) is 3.64. The second-order valence-corrected chi connectivity index (χ2v) is 7.05. The fourth-order valence-electron chi connectivity index (χ4n) is 3.64. The number of anilines is 1. The maximum absolute atomic E-state index is 12.4. The molecule has 13 nitrogen and oxygen atoms in total. The Morgan fingerprint density at radius 2 is 2.07 bits per heavy atom. The summed E-state index contributed by atoms with van der Waals surface area (Å²) in [5.41, 5.74) is 0.884. The Morgan fingerprint density at radius 3 is 2.79 bits per heavy atom. The van der Waals surface area contributed by atoms with E-state index in [0.29, 0.717) is 29.9 Å². The van der Waals surface area contributed by atoms with Gasteiger partial charge in [0, 0.05) is 0 Å². The molecule has 2 fully saturated rings. The number of imidazole rings is 1. The van der Waals surface area contributed by atoms with Crippen molar-refractivity contribution in [2.24, 2.45) is 0 Å². The third-order valence-electron chi connectivity index (χ3n) is 5.21. The molecule has 8 N–H and O–H groups in total. The quantitative estimate of drug-likeness (QED) is 0.243. The first-order valence-electron chi connectivity index (χ1n) is 9.24. The van der Waals surface area contributed by atoms with Crippen LogP contribution in [0, 0.1) is 0 Å². The zero-order valence-corrected chi connectivity index (χ0v) is 15.3. The lowest BCUT2D eigenvalue weighted by Gasteiger charge is -2.43. The standard InChI is InChI=1S/C16H23N7O6/c24-3-7-9(22-15(28)8-6(25)1-2-17-8)11(26)12(27)16(29-7)23-14-10-13(19-4-18-10)20-5-21-14/h4-9,11-12,16-17,24-27H,1-3H2,(H,22,28)(H2,18,19,20,21,23)/t6-,7-,8+,9-,11+,12-,16-/m0/s1. The van der Waals surface area contributed by atoms with Gasteiger partial charge >= 0.3 is 0 Å². The first kappa shape index (κ1) is 19.9. The zero-order chi connectivity index (χ0) is 20.5. The summed E-state index contributed by atoms with van der Waals surface area (Å²) in [6, 6.07) is -1.91. The highest BCUT2D eigenvalue weighted by molar-refractivity contribution is 5.83. The van der Waals surface area contributed by atoms with Gasteiger partial charge in [0.05, 0.1) is 25.1 Å². The van der Waals surface area contributed by atoms with Gasteiger partial charge in [0.1, 0.15) is 36.2 Å². The van der Waals surface area contributed by atoms with Gasteiger partial charge in [-0.1, -0.05) is 0 Å². The molecule has 2 aliphatic heterocycles. The predicted molar refractivity (Wildman–Crippen MR) is 97.4 cm³/mol. The molecule has 0 aromatic carbocycles. The highest BCUT2D eigenvalue weighted by atomic mass is 16.5. The summed E-state index contributed by atoms with van der Waals surface area (Å²) < 4.78 is 5.69. The van der Waals surface area contributed by atoms with Gasteiger partial charge in [-0.15, -0.1) is 0 Å². The maximum atomic E-state index is 12.4. The summed E-state index contributed by atoms with van der Waals surface area (Å²) in [6.07, 6.45) is -2.72. The van der Waals surface area contributed by atoms with Gasteiger partial charge in [-0.25, -0.2) is 15.0 Å². The summed E-state index contributed by atoms with van der Waals surface area (Å²) in [7, 11) is 0. The van der Waals surface area contributed by atoms with Crippen LogP contribution in [0.5, 0.6) is 0 Å². The van der Waals surface area contributed by atoms with E-state index in [2.05, 4.69) is 35.9 Å². The number of amides is 1. The summed E-state index contributed by atoms with van der Waals surface area (Å²) in [4.78, 5) is 27.4. The van der Waals surface area contributed by atoms with Crippen molar-refractivity contribution in [2.75, 3.05) is 18.5 Å². The summed E-state index contributed by atoms with van der Waals surface area (Å²) >= 11 is 0. The molecule has 158 valence electrons. The third kappa shape index (κ3) is 3.75. The van der Waals surface area contributed by atoms with Crippen molar-refractivity contribution in [3.05, 3.63) is 12.7 Å². The van der Waals surface area contributed by atoms with E-state index in [0.717, 1.165) is 0 Å². The van der Waals surface area contributed by atoms with Gasteiger partial charge in [-0.2, -0.15) is 0 Å². The summed E-state index contributed by atoms with van der Waals surface area (Å²) in [5.74, 6) is -0.254. The van der Waals surface area contributed by atoms with Crippen molar-refractivity contribution in [3.63, 3.8) is 0 Å². The fraction of sp³-hybridized carbons (Fsp3) is 0.625. The number of hydrogen-bond acceptors (Lipinski definition) is 11. The number of hydrogen-bond donors (Lipinski definition) is 8. The largest absolute Gasteiger partial charge is 0.394 e. The number of carbonyl (C=O) groups is 1. The van der Waals surface area contributed by atoms with Crippen LogP contribution in [0.3, 0.4) is 0 Å². The molecule has 4 rings (SSSR count). The molecular formula is C16H23N7O6. The van der Waals surface area contributed by atoms with E-state index in [4.69, 9.17) is 4.74 Å². The Hall–Kier alpha value is -2.42. The van der Waals surface area contributed by atoms with Gasteiger partial charge < -0.3 is 46.1 Å². The zero-order valence-electron chi connectivity index (χ0n) is 15.3. The maximum Gasteiger partial charge on any atom is 0.240 e. The molecule has 1 amide bonds. The number of H-pyrrole nitrogens is 1. The van der Waals surface area contributed by atoms with Crippen molar-refractivity contribution in [1.82, 2.24) is 30.6 Å². The van der Waals surface area contributed by atoms with E-state index < -0.39 is 55.2 Å². The third-order valence-corrected chi connectivity index (χ3v) is 5.21. The molecule has 0 unspecified atom stereocenters. The van der Waals surface area contributed by atoms with Crippen molar-refractivity contribution >= 4 is 22.9 Å². The average Bonchev–Trinajstić information content (AvgIpc) is 3.36. The lowest BCUT2D eigenvalue weighted by atomic mass is 9.95. The Balaban J connectivity index is 1.48. The van der Waals surface area contributed by atoms with E-state index in [9.17, 15) is 25.2 Å². The SMILES string of the molecule is O=C(N[C@@H]1[C@@H](O)[C@H](O)[C@@H](Nc2ncnc3nc[nH]c23)O[C@H]1CO)[C@@H]1NCC[C@@H]1O.